The maximum atomic E-state index is 11.3. The van der Waals surface area contributed by atoms with E-state index < -0.39 is 0 Å². The molecule has 1 aliphatic heterocycles. The van der Waals surface area contributed by atoms with Gasteiger partial charge in [-0.15, -0.1) is 0 Å². The van der Waals surface area contributed by atoms with Crippen LogP contribution in [0.4, 0.5) is 0 Å². The first-order valence-corrected chi connectivity index (χ1v) is 5.15. The topological polar surface area (TPSA) is 55.6 Å². The molecule has 5 nitrogen and oxygen atoms in total. The monoisotopic (exact) mass is 215 g/mol. The van der Waals surface area contributed by atoms with E-state index in [1.165, 1.54) is 7.11 Å². The Morgan fingerprint density at radius 2 is 2.13 bits per heavy atom. The zero-order valence-corrected chi connectivity index (χ0v) is 9.36. The Morgan fingerprint density at radius 3 is 2.60 bits per heavy atom. The van der Waals surface area contributed by atoms with Gasteiger partial charge in [0.25, 0.3) is 0 Å². The molecule has 15 heavy (non-hydrogen) atoms. The standard InChI is InChI=1S/C10H17NO4/c1-4-7(9(12)14-3)11-6-8(11)10(13)15-5-2/h7-8H,4-6H2,1-3H3/t7-,8-,11?/m0/s1. The van der Waals surface area contributed by atoms with Gasteiger partial charge in [-0.05, 0) is 13.3 Å². The highest BCUT2D eigenvalue weighted by Gasteiger charge is 2.48. The number of carbonyl (C=O) groups excluding carboxylic acids is 2. The Balaban J connectivity index is 2.47. The summed E-state index contributed by atoms with van der Waals surface area (Å²) in [6, 6.07) is -0.571. The second-order valence-corrected chi connectivity index (χ2v) is 3.41. The van der Waals surface area contributed by atoms with Crippen molar-refractivity contribution in [1.82, 2.24) is 4.90 Å². The molecule has 0 aromatic rings. The highest BCUT2D eigenvalue weighted by atomic mass is 16.5. The lowest BCUT2D eigenvalue weighted by molar-refractivity contribution is -0.147. The fraction of sp³-hybridized carbons (Fsp3) is 0.800. The van der Waals surface area contributed by atoms with E-state index in [4.69, 9.17) is 4.74 Å². The summed E-state index contributed by atoms with van der Waals surface area (Å²) in [5.41, 5.74) is 0. The van der Waals surface area contributed by atoms with Crippen molar-refractivity contribution in [1.29, 1.82) is 0 Å². The average Bonchev–Trinajstić information content (AvgIpc) is 2.99. The van der Waals surface area contributed by atoms with E-state index in [2.05, 4.69) is 4.74 Å². The van der Waals surface area contributed by atoms with Crippen LogP contribution in [0.5, 0.6) is 0 Å². The third kappa shape index (κ3) is 2.68. The van der Waals surface area contributed by atoms with Crippen LogP contribution >= 0.6 is 0 Å². The molecule has 1 rings (SSSR count). The lowest BCUT2D eigenvalue weighted by Crippen LogP contribution is -2.32. The molecule has 1 fully saturated rings. The highest BCUT2D eigenvalue weighted by Crippen LogP contribution is 2.25. The predicted octanol–water partition coefficient (Wildman–Crippen LogP) is 0.185. The molecule has 5 heteroatoms. The summed E-state index contributed by atoms with van der Waals surface area (Å²) in [6.07, 6.45) is 0.641. The first-order valence-electron chi connectivity index (χ1n) is 5.15. The molecule has 0 bridgehead atoms. The number of nitrogens with zero attached hydrogens (tertiary/aromatic N) is 1. The van der Waals surface area contributed by atoms with Gasteiger partial charge in [0.05, 0.1) is 13.7 Å². The Hall–Kier alpha value is -1.10. The van der Waals surface area contributed by atoms with Gasteiger partial charge in [0.1, 0.15) is 12.1 Å². The largest absolute Gasteiger partial charge is 0.468 e. The van der Waals surface area contributed by atoms with Crippen LogP contribution in [0.15, 0.2) is 0 Å². The van der Waals surface area contributed by atoms with Crippen molar-refractivity contribution in [3.05, 3.63) is 0 Å². The molecule has 0 spiro atoms. The molecular weight excluding hydrogens is 198 g/mol. The van der Waals surface area contributed by atoms with Crippen molar-refractivity contribution in [3.8, 4) is 0 Å². The van der Waals surface area contributed by atoms with Gasteiger partial charge in [-0.2, -0.15) is 0 Å². The van der Waals surface area contributed by atoms with Gasteiger partial charge >= 0.3 is 11.9 Å². The first-order chi connectivity index (χ1) is 7.15. The van der Waals surface area contributed by atoms with Crippen LogP contribution in [0.1, 0.15) is 20.3 Å². The van der Waals surface area contributed by atoms with Crippen LogP contribution < -0.4 is 0 Å². The zero-order chi connectivity index (χ0) is 11.4. The van der Waals surface area contributed by atoms with Crippen molar-refractivity contribution >= 4 is 11.9 Å². The van der Waals surface area contributed by atoms with Crippen molar-refractivity contribution in [3.63, 3.8) is 0 Å². The summed E-state index contributed by atoms with van der Waals surface area (Å²) in [5.74, 6) is -0.538. The summed E-state index contributed by atoms with van der Waals surface area (Å²) in [5, 5.41) is 0. The molecule has 0 aliphatic carbocycles. The molecule has 0 N–H and O–H groups in total. The molecule has 0 saturated carbocycles. The molecule has 1 aliphatic rings. The zero-order valence-electron chi connectivity index (χ0n) is 9.36. The van der Waals surface area contributed by atoms with E-state index in [9.17, 15) is 9.59 Å². The third-order valence-electron chi connectivity index (χ3n) is 2.47. The molecule has 0 amide bonds. The molecule has 1 saturated heterocycles. The van der Waals surface area contributed by atoms with Gasteiger partial charge < -0.3 is 9.47 Å². The van der Waals surface area contributed by atoms with Gasteiger partial charge in [0, 0.05) is 6.54 Å². The van der Waals surface area contributed by atoms with E-state index in [0.29, 0.717) is 19.6 Å². The molecule has 1 unspecified atom stereocenters. The number of hydrogen-bond donors (Lipinski definition) is 0. The van der Waals surface area contributed by atoms with Gasteiger partial charge in [-0.25, -0.2) is 0 Å². The molecule has 0 radical (unpaired) electrons. The van der Waals surface area contributed by atoms with Gasteiger partial charge in [-0.1, -0.05) is 6.92 Å². The van der Waals surface area contributed by atoms with Crippen LogP contribution in [0.25, 0.3) is 0 Å². The second-order valence-electron chi connectivity index (χ2n) is 3.41. The Labute approximate surface area is 89.3 Å². The number of hydrogen-bond acceptors (Lipinski definition) is 5. The summed E-state index contributed by atoms with van der Waals surface area (Å²) in [6.45, 7) is 4.62. The van der Waals surface area contributed by atoms with E-state index >= 15 is 0 Å². The van der Waals surface area contributed by atoms with Gasteiger partial charge in [0.15, 0.2) is 0 Å². The summed E-state index contributed by atoms with van der Waals surface area (Å²) in [4.78, 5) is 24.5. The summed E-state index contributed by atoms with van der Waals surface area (Å²) >= 11 is 0. The Bertz CT molecular complexity index is 254. The molecular formula is C10H17NO4. The third-order valence-corrected chi connectivity index (χ3v) is 2.47. The SMILES string of the molecule is CCOC(=O)[C@@H]1CN1[C@@H](CC)C(=O)OC. The van der Waals surface area contributed by atoms with Gasteiger partial charge in [-0.3, -0.25) is 14.5 Å². The minimum absolute atomic E-state index is 0.250. The average molecular weight is 215 g/mol. The minimum Gasteiger partial charge on any atom is -0.468 e. The Kier molecular flexibility index (Phi) is 4.08. The highest BCUT2D eigenvalue weighted by molar-refractivity contribution is 5.82. The molecule has 3 atom stereocenters. The summed E-state index contributed by atoms with van der Waals surface area (Å²) < 4.78 is 9.53. The number of esters is 2. The van der Waals surface area contributed by atoms with Crippen LogP contribution in [0.2, 0.25) is 0 Å². The van der Waals surface area contributed by atoms with Crippen molar-refractivity contribution in [2.75, 3.05) is 20.3 Å². The lowest BCUT2D eigenvalue weighted by Gasteiger charge is -2.13. The first kappa shape index (κ1) is 12.0. The van der Waals surface area contributed by atoms with Crippen molar-refractivity contribution in [2.45, 2.75) is 32.4 Å². The van der Waals surface area contributed by atoms with Crippen LogP contribution in [-0.2, 0) is 19.1 Å². The Morgan fingerprint density at radius 1 is 1.47 bits per heavy atom. The second kappa shape index (κ2) is 5.11. The summed E-state index contributed by atoms with van der Waals surface area (Å²) in [7, 11) is 1.36. The molecule has 0 aromatic carbocycles. The van der Waals surface area contributed by atoms with E-state index in [1.54, 1.807) is 11.8 Å². The van der Waals surface area contributed by atoms with E-state index in [1.807, 2.05) is 6.92 Å². The normalized spacial score (nSPS) is 25.5. The fourth-order valence-corrected chi connectivity index (χ4v) is 1.62. The van der Waals surface area contributed by atoms with Crippen LogP contribution in [0, 0.1) is 0 Å². The van der Waals surface area contributed by atoms with E-state index in [-0.39, 0.29) is 24.0 Å². The lowest BCUT2D eigenvalue weighted by atomic mass is 10.2. The minimum atomic E-state index is -0.315. The number of rotatable bonds is 5. The smallest absolute Gasteiger partial charge is 0.324 e. The number of ether oxygens (including phenoxy) is 2. The van der Waals surface area contributed by atoms with Crippen molar-refractivity contribution in [2.24, 2.45) is 0 Å². The van der Waals surface area contributed by atoms with Crippen LogP contribution in [0.3, 0.4) is 0 Å². The molecule has 1 heterocycles. The molecule has 0 aromatic heterocycles. The van der Waals surface area contributed by atoms with Gasteiger partial charge in [0.2, 0.25) is 0 Å². The maximum absolute atomic E-state index is 11.3. The van der Waals surface area contributed by atoms with E-state index in [0.717, 1.165) is 0 Å². The fourth-order valence-electron chi connectivity index (χ4n) is 1.62. The number of methoxy groups -OCH3 is 1. The number of carbonyl (C=O) groups is 2. The van der Waals surface area contributed by atoms with Crippen molar-refractivity contribution < 1.29 is 19.1 Å². The quantitative estimate of drug-likeness (QED) is 0.484. The predicted molar refractivity (Wildman–Crippen MR) is 53.2 cm³/mol. The van der Waals surface area contributed by atoms with Crippen LogP contribution in [-0.4, -0.2) is 49.2 Å². The maximum Gasteiger partial charge on any atom is 0.324 e. The molecule has 86 valence electrons.